The molecule has 1 aliphatic rings. The highest BCUT2D eigenvalue weighted by atomic mass is 32.2. The van der Waals surface area contributed by atoms with E-state index < -0.39 is 30.3 Å². The van der Waals surface area contributed by atoms with Gasteiger partial charge in [0.1, 0.15) is 16.6 Å². The smallest absolute Gasteiger partial charge is 0.335 e. The number of hydrogen-bond donors (Lipinski definition) is 3. The van der Waals surface area contributed by atoms with Gasteiger partial charge in [-0.2, -0.15) is 0 Å². The van der Waals surface area contributed by atoms with Crippen molar-refractivity contribution in [3.05, 3.63) is 58.4 Å². The van der Waals surface area contributed by atoms with Crippen molar-refractivity contribution in [2.45, 2.75) is 0 Å². The van der Waals surface area contributed by atoms with E-state index in [1.54, 1.807) is 12.1 Å². The third-order valence-corrected chi connectivity index (χ3v) is 5.08. The number of hydrogen-bond acceptors (Lipinski definition) is 7. The number of anilines is 1. The SMILES string of the molecule is O=C(CN1C(=O)/C(=C/c2ccco2)SC1=S)Nc1cc(C(=O)O)cc(C(=O)O)c1. The van der Waals surface area contributed by atoms with Crippen LogP contribution in [0.5, 0.6) is 0 Å². The molecule has 0 spiro atoms. The second kappa shape index (κ2) is 8.29. The zero-order chi connectivity index (χ0) is 21.1. The largest absolute Gasteiger partial charge is 0.478 e. The monoisotopic (exact) mass is 432 g/mol. The third-order valence-electron chi connectivity index (χ3n) is 3.70. The number of carboxylic acids is 2. The highest BCUT2D eigenvalue weighted by Gasteiger charge is 2.33. The lowest BCUT2D eigenvalue weighted by atomic mass is 10.1. The minimum absolute atomic E-state index is 0.0242. The lowest BCUT2D eigenvalue weighted by Gasteiger charge is -2.14. The first-order chi connectivity index (χ1) is 13.7. The van der Waals surface area contributed by atoms with Crippen LogP contribution in [0.3, 0.4) is 0 Å². The van der Waals surface area contributed by atoms with E-state index in [1.807, 2.05) is 0 Å². The van der Waals surface area contributed by atoms with Crippen molar-refractivity contribution in [2.24, 2.45) is 0 Å². The number of rotatable bonds is 6. The number of nitrogens with zero attached hydrogens (tertiary/aromatic N) is 1. The molecule has 0 bridgehead atoms. The molecule has 11 heteroatoms. The maximum absolute atomic E-state index is 12.5. The number of thioether (sulfide) groups is 1. The third kappa shape index (κ3) is 4.70. The van der Waals surface area contributed by atoms with Crippen LogP contribution in [-0.4, -0.2) is 49.7 Å². The summed E-state index contributed by atoms with van der Waals surface area (Å²) in [5.74, 6) is -3.37. The van der Waals surface area contributed by atoms with E-state index in [9.17, 15) is 19.2 Å². The Kier molecular flexibility index (Phi) is 5.80. The van der Waals surface area contributed by atoms with Crippen molar-refractivity contribution in [3.8, 4) is 0 Å². The summed E-state index contributed by atoms with van der Waals surface area (Å²) >= 11 is 6.16. The molecule has 0 unspecified atom stereocenters. The van der Waals surface area contributed by atoms with Gasteiger partial charge in [-0.3, -0.25) is 14.5 Å². The van der Waals surface area contributed by atoms with Crippen LogP contribution in [0, 0.1) is 0 Å². The molecule has 3 N–H and O–H groups in total. The molecule has 0 saturated carbocycles. The summed E-state index contributed by atoms with van der Waals surface area (Å²) in [6.07, 6.45) is 2.96. The molecular formula is C18H12N2O7S2. The number of carboxylic acid groups (broad SMARTS) is 2. The number of benzene rings is 1. The summed E-state index contributed by atoms with van der Waals surface area (Å²) in [5, 5.41) is 20.6. The van der Waals surface area contributed by atoms with Crippen LogP contribution in [-0.2, 0) is 9.59 Å². The highest BCUT2D eigenvalue weighted by molar-refractivity contribution is 8.26. The lowest BCUT2D eigenvalue weighted by molar-refractivity contribution is -0.126. The number of thiocarbonyl (C=S) groups is 1. The van der Waals surface area contributed by atoms with Gasteiger partial charge in [-0.25, -0.2) is 9.59 Å². The van der Waals surface area contributed by atoms with Crippen LogP contribution in [0.4, 0.5) is 5.69 Å². The molecule has 1 aromatic carbocycles. The average Bonchev–Trinajstić information content (AvgIpc) is 3.25. The van der Waals surface area contributed by atoms with Gasteiger partial charge >= 0.3 is 11.9 Å². The normalized spacial score (nSPS) is 15.0. The van der Waals surface area contributed by atoms with Gasteiger partial charge in [0.15, 0.2) is 0 Å². The molecule has 2 heterocycles. The van der Waals surface area contributed by atoms with Crippen molar-refractivity contribution in [2.75, 3.05) is 11.9 Å². The van der Waals surface area contributed by atoms with Gasteiger partial charge in [-0.1, -0.05) is 24.0 Å². The van der Waals surface area contributed by atoms with Gasteiger partial charge in [0, 0.05) is 11.8 Å². The van der Waals surface area contributed by atoms with Crippen molar-refractivity contribution in [1.29, 1.82) is 0 Å². The molecule has 3 rings (SSSR count). The van der Waals surface area contributed by atoms with Gasteiger partial charge in [0.05, 0.1) is 22.3 Å². The van der Waals surface area contributed by atoms with E-state index in [-0.39, 0.29) is 21.1 Å². The number of carbonyl (C=O) groups is 4. The van der Waals surface area contributed by atoms with Crippen molar-refractivity contribution < 1.29 is 33.8 Å². The molecule has 1 fully saturated rings. The van der Waals surface area contributed by atoms with Crippen molar-refractivity contribution in [1.82, 2.24) is 4.90 Å². The fourth-order valence-electron chi connectivity index (χ4n) is 2.43. The Balaban J connectivity index is 1.74. The predicted molar refractivity (Wildman–Crippen MR) is 108 cm³/mol. The second-order valence-corrected chi connectivity index (χ2v) is 7.42. The van der Waals surface area contributed by atoms with E-state index in [1.165, 1.54) is 12.3 Å². The molecule has 9 nitrogen and oxygen atoms in total. The van der Waals surface area contributed by atoms with Crippen LogP contribution in [0.25, 0.3) is 6.08 Å². The predicted octanol–water partition coefficient (Wildman–Crippen LogP) is 2.52. The second-order valence-electron chi connectivity index (χ2n) is 5.74. The number of aromatic carboxylic acids is 2. The van der Waals surface area contributed by atoms with Crippen LogP contribution in [0.15, 0.2) is 45.9 Å². The number of nitrogens with one attached hydrogen (secondary N) is 1. The Bertz CT molecular complexity index is 1030. The minimum atomic E-state index is -1.34. The van der Waals surface area contributed by atoms with Crippen LogP contribution in [0.2, 0.25) is 0 Å². The van der Waals surface area contributed by atoms with Crippen LogP contribution in [0.1, 0.15) is 26.5 Å². The van der Waals surface area contributed by atoms with E-state index in [0.29, 0.717) is 10.7 Å². The summed E-state index contributed by atoms with van der Waals surface area (Å²) in [4.78, 5) is 48.5. The van der Waals surface area contributed by atoms with E-state index >= 15 is 0 Å². The molecule has 148 valence electrons. The Hall–Kier alpha value is -3.44. The van der Waals surface area contributed by atoms with Crippen molar-refractivity contribution in [3.63, 3.8) is 0 Å². The van der Waals surface area contributed by atoms with Gasteiger partial charge in [-0.05, 0) is 30.3 Å². The number of furan rings is 1. The Morgan fingerprint density at radius 2 is 1.83 bits per heavy atom. The number of carbonyl (C=O) groups excluding carboxylic acids is 2. The van der Waals surface area contributed by atoms with Crippen molar-refractivity contribution >= 4 is 63.8 Å². The van der Waals surface area contributed by atoms with E-state index in [0.717, 1.165) is 34.9 Å². The molecule has 0 aliphatic carbocycles. The Morgan fingerprint density at radius 3 is 2.38 bits per heavy atom. The first-order valence-electron chi connectivity index (χ1n) is 7.95. The Morgan fingerprint density at radius 1 is 1.17 bits per heavy atom. The molecule has 1 aliphatic heterocycles. The van der Waals surface area contributed by atoms with Gasteiger partial charge < -0.3 is 19.9 Å². The van der Waals surface area contributed by atoms with Gasteiger partial charge in [0.2, 0.25) is 5.91 Å². The summed E-state index contributed by atoms with van der Waals surface area (Å²) in [5.41, 5.74) is -0.622. The summed E-state index contributed by atoms with van der Waals surface area (Å²) in [6, 6.07) is 6.54. The summed E-state index contributed by atoms with van der Waals surface area (Å²) in [7, 11) is 0. The fourth-order valence-corrected chi connectivity index (χ4v) is 3.66. The first-order valence-corrected chi connectivity index (χ1v) is 9.17. The van der Waals surface area contributed by atoms with E-state index in [2.05, 4.69) is 5.32 Å². The van der Waals surface area contributed by atoms with Gasteiger partial charge in [0.25, 0.3) is 5.91 Å². The maximum Gasteiger partial charge on any atom is 0.335 e. The molecule has 0 atom stereocenters. The van der Waals surface area contributed by atoms with E-state index in [4.69, 9.17) is 26.8 Å². The number of amides is 2. The maximum atomic E-state index is 12.5. The molecule has 29 heavy (non-hydrogen) atoms. The molecule has 1 aromatic heterocycles. The zero-order valence-electron chi connectivity index (χ0n) is 14.4. The minimum Gasteiger partial charge on any atom is -0.478 e. The molecular weight excluding hydrogens is 420 g/mol. The van der Waals surface area contributed by atoms with Gasteiger partial charge in [-0.15, -0.1) is 0 Å². The molecule has 2 amide bonds. The zero-order valence-corrected chi connectivity index (χ0v) is 16.1. The summed E-state index contributed by atoms with van der Waals surface area (Å²) in [6.45, 7) is -0.417. The standard InChI is InChI=1S/C18H12N2O7S2/c21-14(19-11-5-9(16(23)24)4-10(6-11)17(25)26)8-20-15(22)13(29-18(20)28)7-12-2-1-3-27-12/h1-7H,8H2,(H,19,21)(H,23,24)(H,25,26)/b13-7-. The first kappa shape index (κ1) is 20.3. The van der Waals surface area contributed by atoms with Crippen LogP contribution < -0.4 is 5.32 Å². The van der Waals surface area contributed by atoms with Crippen LogP contribution >= 0.6 is 24.0 Å². The highest BCUT2D eigenvalue weighted by Crippen LogP contribution is 2.32. The summed E-state index contributed by atoms with van der Waals surface area (Å²) < 4.78 is 5.33. The quantitative estimate of drug-likeness (QED) is 0.464. The molecule has 2 aromatic rings. The Labute approximate surface area is 173 Å². The molecule has 1 saturated heterocycles. The average molecular weight is 432 g/mol. The molecule has 0 radical (unpaired) electrons. The topological polar surface area (TPSA) is 137 Å². The fraction of sp³-hybridized carbons (Fsp3) is 0.0556. The lowest BCUT2D eigenvalue weighted by Crippen LogP contribution is -2.36.